The van der Waals surface area contributed by atoms with Gasteiger partial charge in [0.2, 0.25) is 5.54 Å². The maximum absolute atomic E-state index is 12.8. The van der Waals surface area contributed by atoms with E-state index in [2.05, 4.69) is 0 Å². The Morgan fingerprint density at radius 3 is 2.38 bits per heavy atom. The first-order chi connectivity index (χ1) is 9.47. The number of alkyl halides is 3. The molecule has 0 radical (unpaired) electrons. The Hall–Kier alpha value is -1.48. The molecule has 118 valence electrons. The smallest absolute Gasteiger partial charge is 0.422 e. The summed E-state index contributed by atoms with van der Waals surface area (Å²) in [7, 11) is 1.25. The van der Waals surface area contributed by atoms with Crippen LogP contribution in [-0.2, 0) is 11.3 Å². The third kappa shape index (κ3) is 4.01. The molecule has 0 spiro atoms. The molecule has 0 aliphatic rings. The van der Waals surface area contributed by atoms with Crippen molar-refractivity contribution in [1.82, 2.24) is 10.2 Å². The van der Waals surface area contributed by atoms with Crippen molar-refractivity contribution >= 4 is 34.9 Å². The molecule has 5 nitrogen and oxygen atoms in total. The molecule has 0 saturated heterocycles. The van der Waals surface area contributed by atoms with Crippen LogP contribution in [0.15, 0.2) is 12.1 Å². The Kier molecular flexibility index (Phi) is 5.11. The number of hydrogen-bond donors (Lipinski definition) is 2. The van der Waals surface area contributed by atoms with E-state index in [0.29, 0.717) is 16.1 Å². The third-order valence-corrected chi connectivity index (χ3v) is 3.94. The predicted octanol–water partition coefficient (Wildman–Crippen LogP) is 2.95. The summed E-state index contributed by atoms with van der Waals surface area (Å²) in [6.45, 7) is 0.403. The summed E-state index contributed by atoms with van der Waals surface area (Å²) in [5.41, 5.74) is -3.36. The number of carboxylic acid groups (broad SMARTS) is 1. The molecule has 0 aliphatic carbocycles. The zero-order valence-corrected chi connectivity index (χ0v) is 12.6. The molecular weight excluding hydrogens is 333 g/mol. The fourth-order valence-electron chi connectivity index (χ4n) is 1.30. The molecule has 0 aliphatic heterocycles. The van der Waals surface area contributed by atoms with Crippen molar-refractivity contribution in [3.05, 3.63) is 21.3 Å². The van der Waals surface area contributed by atoms with Gasteiger partial charge in [-0.2, -0.15) is 13.2 Å². The minimum atomic E-state index is -5.12. The molecule has 1 aromatic rings. The van der Waals surface area contributed by atoms with Crippen molar-refractivity contribution in [2.24, 2.45) is 0 Å². The number of halogens is 4. The van der Waals surface area contributed by atoms with Gasteiger partial charge in [0.15, 0.2) is 0 Å². The lowest BCUT2D eigenvalue weighted by molar-refractivity contribution is -0.203. The van der Waals surface area contributed by atoms with Crippen LogP contribution in [-0.4, -0.2) is 40.8 Å². The minimum absolute atomic E-state index is 0.0107. The number of carboxylic acids is 1. The number of nitrogens with zero attached hydrogens (tertiary/aromatic N) is 1. The van der Waals surface area contributed by atoms with E-state index < -0.39 is 23.7 Å². The number of hydrogen-bond acceptors (Lipinski definition) is 3. The molecule has 0 saturated carbocycles. The summed E-state index contributed by atoms with van der Waals surface area (Å²) >= 11 is 6.87. The molecule has 0 bridgehead atoms. The maximum atomic E-state index is 12.8. The van der Waals surface area contributed by atoms with Crippen LogP contribution in [0.2, 0.25) is 4.34 Å². The highest BCUT2D eigenvalue weighted by Crippen LogP contribution is 2.30. The summed E-state index contributed by atoms with van der Waals surface area (Å²) in [6.07, 6.45) is -5.12. The fourth-order valence-corrected chi connectivity index (χ4v) is 2.44. The van der Waals surface area contributed by atoms with Gasteiger partial charge >= 0.3 is 18.2 Å². The lowest BCUT2D eigenvalue weighted by Gasteiger charge is -2.30. The van der Waals surface area contributed by atoms with Gasteiger partial charge in [0.1, 0.15) is 0 Å². The topological polar surface area (TPSA) is 69.6 Å². The molecule has 2 amide bonds. The van der Waals surface area contributed by atoms with Crippen LogP contribution in [0.4, 0.5) is 18.0 Å². The number of carbonyl (C=O) groups excluding carboxylic acids is 1. The minimum Gasteiger partial charge on any atom is -0.479 e. The van der Waals surface area contributed by atoms with Crippen molar-refractivity contribution in [1.29, 1.82) is 0 Å². The van der Waals surface area contributed by atoms with Gasteiger partial charge in [0.25, 0.3) is 0 Å². The molecule has 1 rings (SSSR count). The Bertz CT molecular complexity index is 549. The van der Waals surface area contributed by atoms with Crippen molar-refractivity contribution in [3.8, 4) is 0 Å². The molecule has 21 heavy (non-hydrogen) atoms. The Morgan fingerprint density at radius 2 is 2.00 bits per heavy atom. The van der Waals surface area contributed by atoms with Crippen LogP contribution in [0.25, 0.3) is 0 Å². The zero-order valence-electron chi connectivity index (χ0n) is 11.0. The van der Waals surface area contributed by atoms with Crippen LogP contribution in [0.1, 0.15) is 11.8 Å². The maximum Gasteiger partial charge on any atom is 0.422 e. The van der Waals surface area contributed by atoms with E-state index in [1.54, 1.807) is 12.1 Å². The SMILES string of the molecule is CN(Cc1ccc(Cl)s1)C(=O)NC(C)(C(=O)O)C(F)(F)F. The van der Waals surface area contributed by atoms with E-state index in [1.165, 1.54) is 23.7 Å². The number of carbonyl (C=O) groups is 2. The standard InChI is InChI=1S/C11H12ClF3N2O3S/c1-10(8(18)19,11(13,14)15)16-9(20)17(2)5-6-3-4-7(12)21-6/h3-4H,5H2,1-2H3,(H,16,20)(H,18,19). The lowest BCUT2D eigenvalue weighted by Crippen LogP contribution is -2.63. The second-order valence-electron chi connectivity index (χ2n) is 4.42. The first kappa shape index (κ1) is 17.6. The first-order valence-electron chi connectivity index (χ1n) is 5.55. The highest BCUT2D eigenvalue weighted by Gasteiger charge is 2.58. The van der Waals surface area contributed by atoms with Crippen molar-refractivity contribution < 1.29 is 27.9 Å². The van der Waals surface area contributed by atoms with Gasteiger partial charge in [0, 0.05) is 11.9 Å². The van der Waals surface area contributed by atoms with E-state index in [1.807, 2.05) is 0 Å². The van der Waals surface area contributed by atoms with Crippen molar-refractivity contribution in [2.45, 2.75) is 25.2 Å². The first-order valence-corrected chi connectivity index (χ1v) is 6.74. The monoisotopic (exact) mass is 344 g/mol. The quantitative estimate of drug-likeness (QED) is 0.882. The predicted molar refractivity (Wildman–Crippen MR) is 71.4 cm³/mol. The van der Waals surface area contributed by atoms with Gasteiger partial charge in [-0.1, -0.05) is 11.6 Å². The van der Waals surface area contributed by atoms with E-state index in [-0.39, 0.29) is 6.54 Å². The van der Waals surface area contributed by atoms with E-state index in [4.69, 9.17) is 16.7 Å². The van der Waals surface area contributed by atoms with Crippen molar-refractivity contribution in [2.75, 3.05) is 7.05 Å². The summed E-state index contributed by atoms with van der Waals surface area (Å²) in [6, 6.07) is 2.06. The van der Waals surface area contributed by atoms with Crippen LogP contribution < -0.4 is 5.32 Å². The van der Waals surface area contributed by atoms with E-state index in [0.717, 1.165) is 4.90 Å². The normalized spacial score (nSPS) is 14.4. The Labute approximate surface area is 127 Å². The second kappa shape index (κ2) is 6.10. The van der Waals surface area contributed by atoms with E-state index in [9.17, 15) is 22.8 Å². The van der Waals surface area contributed by atoms with Gasteiger partial charge in [0.05, 0.1) is 10.9 Å². The number of amides is 2. The molecule has 1 unspecified atom stereocenters. The van der Waals surface area contributed by atoms with Gasteiger partial charge in [-0.15, -0.1) is 11.3 Å². The molecule has 1 heterocycles. The number of nitrogens with one attached hydrogen (secondary N) is 1. The fraction of sp³-hybridized carbons (Fsp3) is 0.455. The molecule has 0 aromatic carbocycles. The summed E-state index contributed by atoms with van der Waals surface area (Å²) in [4.78, 5) is 24.2. The summed E-state index contributed by atoms with van der Waals surface area (Å²) < 4.78 is 38.8. The number of rotatable bonds is 4. The van der Waals surface area contributed by atoms with Gasteiger partial charge < -0.3 is 15.3 Å². The Morgan fingerprint density at radius 1 is 1.43 bits per heavy atom. The summed E-state index contributed by atoms with van der Waals surface area (Å²) in [5, 5.41) is 10.2. The zero-order chi connectivity index (χ0) is 16.4. The molecule has 1 aromatic heterocycles. The van der Waals surface area contributed by atoms with Crippen LogP contribution in [0, 0.1) is 0 Å². The second-order valence-corrected chi connectivity index (χ2v) is 6.22. The lowest BCUT2D eigenvalue weighted by atomic mass is 10.0. The van der Waals surface area contributed by atoms with Gasteiger partial charge in [-0.3, -0.25) is 0 Å². The van der Waals surface area contributed by atoms with Crippen molar-refractivity contribution in [3.63, 3.8) is 0 Å². The average Bonchev–Trinajstić information content (AvgIpc) is 2.72. The van der Waals surface area contributed by atoms with Gasteiger partial charge in [-0.05, 0) is 19.1 Å². The Balaban J connectivity index is 2.80. The average molecular weight is 345 g/mol. The number of thiophene rings is 1. The van der Waals surface area contributed by atoms with E-state index >= 15 is 0 Å². The van der Waals surface area contributed by atoms with Gasteiger partial charge in [-0.25, -0.2) is 9.59 Å². The van der Waals surface area contributed by atoms with Crippen LogP contribution in [0.3, 0.4) is 0 Å². The summed E-state index contributed by atoms with van der Waals surface area (Å²) in [5.74, 6) is -2.18. The molecule has 0 fully saturated rings. The molecule has 2 N–H and O–H groups in total. The largest absolute Gasteiger partial charge is 0.479 e. The highest BCUT2D eigenvalue weighted by atomic mass is 35.5. The molecular formula is C11H12ClF3N2O3S. The molecule has 10 heteroatoms. The number of aliphatic carboxylic acids is 1. The molecule has 1 atom stereocenters. The third-order valence-electron chi connectivity index (χ3n) is 2.72. The highest BCUT2D eigenvalue weighted by molar-refractivity contribution is 7.16. The van der Waals surface area contributed by atoms with Crippen LogP contribution >= 0.6 is 22.9 Å². The van der Waals surface area contributed by atoms with Crippen LogP contribution in [0.5, 0.6) is 0 Å². The number of urea groups is 1.